The van der Waals surface area contributed by atoms with Gasteiger partial charge in [-0.05, 0) is 76.0 Å². The molecule has 0 atom stereocenters. The first-order valence-electron chi connectivity index (χ1n) is 11.2. The van der Waals surface area contributed by atoms with E-state index in [4.69, 9.17) is 10.1 Å². The highest BCUT2D eigenvalue weighted by atomic mass is 32.1. The predicted octanol–water partition coefficient (Wildman–Crippen LogP) is 5.15. The summed E-state index contributed by atoms with van der Waals surface area (Å²) in [7, 11) is 2.18. The van der Waals surface area contributed by atoms with Gasteiger partial charge in [0.05, 0.1) is 27.8 Å². The van der Waals surface area contributed by atoms with Gasteiger partial charge in [-0.2, -0.15) is 5.10 Å². The number of rotatable bonds is 3. The third-order valence-corrected chi connectivity index (χ3v) is 6.95. The minimum absolute atomic E-state index is 0.563. The van der Waals surface area contributed by atoms with Gasteiger partial charge in [0.25, 0.3) is 0 Å². The summed E-state index contributed by atoms with van der Waals surface area (Å²) in [5, 5.41) is 9.36. The topological polar surface area (TPSA) is 58.4 Å². The molecule has 1 fully saturated rings. The maximum absolute atomic E-state index is 4.98. The third-order valence-electron chi connectivity index (χ3n) is 5.86. The van der Waals surface area contributed by atoms with Crippen LogP contribution in [-0.2, 0) is 0 Å². The molecule has 0 unspecified atom stereocenters. The SMILES string of the molecule is CC.Cc1cn2nc(-c3cc(C)c4nc(N(C)C5CCNCC5)sc4c3)cc(C)c2n1. The van der Waals surface area contributed by atoms with Crippen LogP contribution < -0.4 is 10.2 Å². The van der Waals surface area contributed by atoms with Crippen molar-refractivity contribution < 1.29 is 0 Å². The van der Waals surface area contributed by atoms with E-state index in [1.165, 1.54) is 23.1 Å². The van der Waals surface area contributed by atoms with Gasteiger partial charge < -0.3 is 10.2 Å². The molecule has 0 spiro atoms. The van der Waals surface area contributed by atoms with Crippen molar-refractivity contribution >= 4 is 32.3 Å². The van der Waals surface area contributed by atoms with Crippen LogP contribution in [0, 0.1) is 20.8 Å². The summed E-state index contributed by atoms with van der Waals surface area (Å²) >= 11 is 1.78. The molecule has 1 N–H and O–H groups in total. The largest absolute Gasteiger partial charge is 0.348 e. The normalized spacial score (nSPS) is 14.6. The van der Waals surface area contributed by atoms with E-state index in [1.807, 2.05) is 31.5 Å². The first-order valence-corrected chi connectivity index (χ1v) is 12.0. The van der Waals surface area contributed by atoms with Gasteiger partial charge in [0.15, 0.2) is 10.8 Å². The molecular formula is C24H32N6S. The first-order chi connectivity index (χ1) is 15.0. The number of nitrogens with one attached hydrogen (secondary N) is 1. The molecule has 164 valence electrons. The first kappa shape index (κ1) is 21.7. The Bertz CT molecular complexity index is 1200. The molecule has 0 radical (unpaired) electrons. The van der Waals surface area contributed by atoms with E-state index in [9.17, 15) is 0 Å². The molecule has 0 saturated carbocycles. The molecule has 1 aromatic carbocycles. The molecule has 7 heteroatoms. The lowest BCUT2D eigenvalue weighted by Crippen LogP contribution is -2.41. The second-order valence-electron chi connectivity index (χ2n) is 8.09. The number of fused-ring (bicyclic) bond motifs is 2. The quantitative estimate of drug-likeness (QED) is 0.481. The van der Waals surface area contributed by atoms with Crippen LogP contribution in [0.1, 0.15) is 43.5 Å². The van der Waals surface area contributed by atoms with Crippen LogP contribution in [-0.4, -0.2) is 45.8 Å². The Morgan fingerprint density at radius 1 is 1.03 bits per heavy atom. The number of hydrogen-bond acceptors (Lipinski definition) is 6. The fourth-order valence-electron chi connectivity index (χ4n) is 4.22. The van der Waals surface area contributed by atoms with Gasteiger partial charge in [-0.15, -0.1) is 0 Å². The van der Waals surface area contributed by atoms with E-state index in [-0.39, 0.29) is 0 Å². The van der Waals surface area contributed by atoms with E-state index in [0.717, 1.165) is 51.9 Å². The Morgan fingerprint density at radius 2 is 1.77 bits per heavy atom. The fourth-order valence-corrected chi connectivity index (χ4v) is 5.34. The second kappa shape index (κ2) is 8.93. The maximum Gasteiger partial charge on any atom is 0.186 e. The number of aryl methyl sites for hydroxylation is 3. The summed E-state index contributed by atoms with van der Waals surface area (Å²) < 4.78 is 3.11. The Balaban J connectivity index is 0.00000112. The zero-order valence-corrected chi connectivity index (χ0v) is 20.2. The fraction of sp³-hybridized carbons (Fsp3) is 0.458. The van der Waals surface area contributed by atoms with E-state index >= 15 is 0 Å². The summed E-state index contributed by atoms with van der Waals surface area (Å²) in [6.45, 7) is 12.4. The van der Waals surface area contributed by atoms with Crippen LogP contribution >= 0.6 is 11.3 Å². The molecule has 0 aliphatic carbocycles. The Hall–Kier alpha value is -2.51. The van der Waals surface area contributed by atoms with Gasteiger partial charge in [0, 0.05) is 18.7 Å². The Kier molecular flexibility index (Phi) is 6.25. The number of anilines is 1. The number of imidazole rings is 1. The molecule has 1 saturated heterocycles. The van der Waals surface area contributed by atoms with Crippen LogP contribution in [0.5, 0.6) is 0 Å². The van der Waals surface area contributed by atoms with Crippen LogP contribution in [0.3, 0.4) is 0 Å². The van der Waals surface area contributed by atoms with Gasteiger partial charge in [0.2, 0.25) is 0 Å². The van der Waals surface area contributed by atoms with Crippen molar-refractivity contribution in [2.45, 2.75) is 53.5 Å². The number of piperidine rings is 1. The average molecular weight is 437 g/mol. The van der Waals surface area contributed by atoms with Crippen LogP contribution in [0.2, 0.25) is 0 Å². The van der Waals surface area contributed by atoms with Crippen LogP contribution in [0.15, 0.2) is 24.4 Å². The van der Waals surface area contributed by atoms with Crippen molar-refractivity contribution in [3.05, 3.63) is 41.2 Å². The number of thiazole rings is 1. The summed E-state index contributed by atoms with van der Waals surface area (Å²) in [5.74, 6) is 0. The second-order valence-corrected chi connectivity index (χ2v) is 9.10. The molecule has 1 aliphatic heterocycles. The standard InChI is InChI=1S/C22H26N6S.C2H6/c1-13-9-16(18-10-14(2)21-24-15(3)12-28(21)26-18)11-19-20(13)25-22(29-19)27(4)17-5-7-23-8-6-17;1-2/h9-12,17,23H,5-8H2,1-4H3;1-2H3. The van der Waals surface area contributed by atoms with Crippen LogP contribution in [0.25, 0.3) is 27.1 Å². The van der Waals surface area contributed by atoms with Gasteiger partial charge in [-0.3, -0.25) is 0 Å². The predicted molar refractivity (Wildman–Crippen MR) is 131 cm³/mol. The van der Waals surface area contributed by atoms with Crippen molar-refractivity contribution in [3.63, 3.8) is 0 Å². The highest BCUT2D eigenvalue weighted by Crippen LogP contribution is 2.35. The summed E-state index contributed by atoms with van der Waals surface area (Å²) in [6.07, 6.45) is 4.32. The lowest BCUT2D eigenvalue weighted by atomic mass is 10.1. The van der Waals surface area contributed by atoms with Gasteiger partial charge in [-0.1, -0.05) is 25.2 Å². The van der Waals surface area contributed by atoms with E-state index in [1.54, 1.807) is 11.3 Å². The lowest BCUT2D eigenvalue weighted by Gasteiger charge is -2.31. The number of nitrogens with zero attached hydrogens (tertiary/aromatic N) is 5. The molecule has 6 nitrogen and oxygen atoms in total. The Morgan fingerprint density at radius 3 is 2.52 bits per heavy atom. The Labute approximate surface area is 188 Å². The summed E-state index contributed by atoms with van der Waals surface area (Å²) in [6, 6.07) is 7.13. The number of hydrogen-bond donors (Lipinski definition) is 1. The number of aromatic nitrogens is 4. The van der Waals surface area contributed by atoms with Gasteiger partial charge in [-0.25, -0.2) is 14.5 Å². The molecule has 3 aromatic heterocycles. The zero-order chi connectivity index (χ0) is 22.1. The molecule has 31 heavy (non-hydrogen) atoms. The minimum Gasteiger partial charge on any atom is -0.348 e. The molecule has 4 heterocycles. The summed E-state index contributed by atoms with van der Waals surface area (Å²) in [5.41, 5.74) is 7.44. The van der Waals surface area contributed by atoms with Crippen molar-refractivity contribution in [1.29, 1.82) is 0 Å². The van der Waals surface area contributed by atoms with Crippen molar-refractivity contribution in [2.75, 3.05) is 25.0 Å². The van der Waals surface area contributed by atoms with E-state index in [2.05, 4.69) is 54.3 Å². The van der Waals surface area contributed by atoms with Gasteiger partial charge >= 0.3 is 0 Å². The monoisotopic (exact) mass is 436 g/mol. The van der Waals surface area contributed by atoms with Crippen molar-refractivity contribution in [2.24, 2.45) is 0 Å². The highest BCUT2D eigenvalue weighted by Gasteiger charge is 2.21. The molecule has 5 rings (SSSR count). The van der Waals surface area contributed by atoms with Crippen LogP contribution in [0.4, 0.5) is 5.13 Å². The molecule has 1 aliphatic rings. The average Bonchev–Trinajstić information content (AvgIpc) is 3.39. The van der Waals surface area contributed by atoms with E-state index < -0.39 is 0 Å². The van der Waals surface area contributed by atoms with E-state index in [0.29, 0.717) is 6.04 Å². The molecule has 0 amide bonds. The highest BCUT2D eigenvalue weighted by molar-refractivity contribution is 7.22. The minimum atomic E-state index is 0.563. The van der Waals surface area contributed by atoms with Crippen molar-refractivity contribution in [3.8, 4) is 11.3 Å². The third kappa shape index (κ3) is 4.16. The molecule has 4 aromatic rings. The lowest BCUT2D eigenvalue weighted by molar-refractivity contribution is 0.443. The molecule has 0 bridgehead atoms. The molecular weight excluding hydrogens is 404 g/mol. The number of benzene rings is 1. The maximum atomic E-state index is 4.98. The van der Waals surface area contributed by atoms with Gasteiger partial charge in [0.1, 0.15) is 0 Å². The smallest absolute Gasteiger partial charge is 0.186 e. The van der Waals surface area contributed by atoms with Crippen molar-refractivity contribution in [1.82, 2.24) is 24.9 Å². The zero-order valence-electron chi connectivity index (χ0n) is 19.4. The summed E-state index contributed by atoms with van der Waals surface area (Å²) in [4.78, 5) is 11.9.